The van der Waals surface area contributed by atoms with Crippen molar-refractivity contribution in [3.05, 3.63) is 41.6 Å². The number of rotatable bonds is 5. The molecule has 8 heteroatoms. The second kappa shape index (κ2) is 7.17. The molecule has 0 atom stereocenters. The zero-order chi connectivity index (χ0) is 17.7. The van der Waals surface area contributed by atoms with Gasteiger partial charge in [-0.15, -0.1) is 0 Å². The molecule has 0 unspecified atom stereocenters. The molecule has 2 rings (SSSR count). The third kappa shape index (κ3) is 3.56. The van der Waals surface area contributed by atoms with E-state index in [2.05, 4.69) is 9.97 Å². The lowest BCUT2D eigenvalue weighted by molar-refractivity contribution is -0.139. The van der Waals surface area contributed by atoms with Crippen LogP contribution in [0.2, 0.25) is 0 Å². The maximum absolute atomic E-state index is 13.0. The van der Waals surface area contributed by atoms with E-state index in [1.54, 1.807) is 43.0 Å². The molecule has 0 saturated heterocycles. The van der Waals surface area contributed by atoms with E-state index in [-0.39, 0.29) is 12.6 Å². The second-order valence-electron chi connectivity index (χ2n) is 4.69. The summed E-state index contributed by atoms with van der Waals surface area (Å²) >= 11 is 0. The minimum atomic E-state index is -4.61. The zero-order valence-corrected chi connectivity index (χ0v) is 13.1. The number of aromatic nitrogens is 2. The van der Waals surface area contributed by atoms with Gasteiger partial charge in [0.15, 0.2) is 0 Å². The van der Waals surface area contributed by atoms with Crippen LogP contribution in [0.3, 0.4) is 0 Å². The van der Waals surface area contributed by atoms with Gasteiger partial charge < -0.3 is 9.64 Å². The molecule has 0 amide bonds. The highest BCUT2D eigenvalue weighted by atomic mass is 19.4. The summed E-state index contributed by atoms with van der Waals surface area (Å²) in [5, 5.41) is 9.21. The average Bonchev–Trinajstić information content (AvgIpc) is 2.55. The molecule has 1 aromatic heterocycles. The van der Waals surface area contributed by atoms with Gasteiger partial charge in [-0.2, -0.15) is 23.4 Å². The van der Waals surface area contributed by atoms with Crippen molar-refractivity contribution in [2.24, 2.45) is 0 Å². The van der Waals surface area contributed by atoms with E-state index < -0.39 is 17.6 Å². The van der Waals surface area contributed by atoms with Crippen molar-refractivity contribution in [3.63, 3.8) is 0 Å². The molecule has 0 aliphatic rings. The number of halogens is 3. The predicted molar refractivity (Wildman–Crippen MR) is 82.0 cm³/mol. The Morgan fingerprint density at radius 2 is 1.96 bits per heavy atom. The van der Waals surface area contributed by atoms with Crippen molar-refractivity contribution in [1.29, 1.82) is 5.26 Å². The smallest absolute Gasteiger partial charge is 0.423 e. The van der Waals surface area contributed by atoms with Crippen molar-refractivity contribution in [2.75, 3.05) is 18.1 Å². The molecule has 2 aromatic rings. The molecule has 0 spiro atoms. The molecule has 126 valence electrons. The third-order valence-electron chi connectivity index (χ3n) is 3.20. The van der Waals surface area contributed by atoms with Crippen LogP contribution in [0.25, 0.3) is 0 Å². The summed E-state index contributed by atoms with van der Waals surface area (Å²) in [5.74, 6) is -0.487. The first kappa shape index (κ1) is 17.5. The summed E-state index contributed by atoms with van der Waals surface area (Å²) in [4.78, 5) is 9.29. The van der Waals surface area contributed by atoms with Gasteiger partial charge in [0.1, 0.15) is 11.6 Å². The van der Waals surface area contributed by atoms with Gasteiger partial charge in [0, 0.05) is 12.7 Å². The van der Waals surface area contributed by atoms with Crippen LogP contribution in [0.1, 0.15) is 25.0 Å². The van der Waals surface area contributed by atoms with Crippen LogP contribution >= 0.6 is 0 Å². The first-order valence-electron chi connectivity index (χ1n) is 7.26. The number of anilines is 2. The Kier molecular flexibility index (Phi) is 5.24. The number of alkyl halides is 3. The molecule has 0 saturated carbocycles. The fourth-order valence-electron chi connectivity index (χ4n) is 2.15. The molecule has 0 aliphatic heterocycles. The van der Waals surface area contributed by atoms with E-state index in [4.69, 9.17) is 4.74 Å². The number of hydrogen-bond acceptors (Lipinski definition) is 5. The largest absolute Gasteiger partial charge is 0.477 e. The maximum atomic E-state index is 13.0. The number of hydrogen-bond donors (Lipinski definition) is 0. The Balaban J connectivity index is 2.54. The Bertz CT molecular complexity index is 756. The van der Waals surface area contributed by atoms with Crippen LogP contribution in [0, 0.1) is 11.3 Å². The summed E-state index contributed by atoms with van der Waals surface area (Å²) in [7, 11) is 0. The highest BCUT2D eigenvalue weighted by Gasteiger charge is 2.36. The van der Waals surface area contributed by atoms with E-state index in [0.29, 0.717) is 24.0 Å². The molecule has 0 bridgehead atoms. The minimum Gasteiger partial charge on any atom is -0.477 e. The Labute approximate surface area is 137 Å². The normalized spacial score (nSPS) is 11.0. The number of benzene rings is 1. The SMILES string of the molecule is CCOc1nc(N(CC)c2ccccc2C#N)ncc1C(F)(F)F. The lowest BCUT2D eigenvalue weighted by Crippen LogP contribution is -2.21. The molecule has 0 N–H and O–H groups in total. The summed E-state index contributed by atoms with van der Waals surface area (Å²) in [6.07, 6.45) is -3.91. The van der Waals surface area contributed by atoms with E-state index >= 15 is 0 Å². The van der Waals surface area contributed by atoms with Crippen LogP contribution < -0.4 is 9.64 Å². The van der Waals surface area contributed by atoms with Gasteiger partial charge in [0.05, 0.1) is 17.9 Å². The van der Waals surface area contributed by atoms with E-state index in [9.17, 15) is 18.4 Å². The lowest BCUT2D eigenvalue weighted by atomic mass is 10.2. The third-order valence-corrected chi connectivity index (χ3v) is 3.20. The molecule has 0 fully saturated rings. The monoisotopic (exact) mass is 336 g/mol. The van der Waals surface area contributed by atoms with Gasteiger partial charge in [-0.25, -0.2) is 4.98 Å². The number of nitriles is 1. The van der Waals surface area contributed by atoms with Crippen LogP contribution in [-0.4, -0.2) is 23.1 Å². The Morgan fingerprint density at radius 3 is 2.54 bits per heavy atom. The highest BCUT2D eigenvalue weighted by molar-refractivity contribution is 5.65. The standard InChI is InChI=1S/C16H15F3N4O/c1-3-23(13-8-6-5-7-11(13)9-20)15-21-10-12(16(17,18)19)14(22-15)24-4-2/h5-8,10H,3-4H2,1-2H3. The van der Waals surface area contributed by atoms with Crippen molar-refractivity contribution in [3.8, 4) is 11.9 Å². The quantitative estimate of drug-likeness (QED) is 0.828. The van der Waals surface area contributed by atoms with Crippen molar-refractivity contribution in [1.82, 2.24) is 9.97 Å². The van der Waals surface area contributed by atoms with Gasteiger partial charge in [0.25, 0.3) is 0 Å². The Morgan fingerprint density at radius 1 is 1.25 bits per heavy atom. The van der Waals surface area contributed by atoms with Crippen molar-refractivity contribution >= 4 is 11.6 Å². The summed E-state index contributed by atoms with van der Waals surface area (Å²) < 4.78 is 44.1. The molecular formula is C16H15F3N4O. The van der Waals surface area contributed by atoms with Crippen LogP contribution in [0.5, 0.6) is 5.88 Å². The molecular weight excluding hydrogens is 321 g/mol. The topological polar surface area (TPSA) is 62.0 Å². The number of ether oxygens (including phenoxy) is 1. The molecule has 0 aliphatic carbocycles. The zero-order valence-electron chi connectivity index (χ0n) is 13.1. The van der Waals surface area contributed by atoms with E-state index in [1.807, 2.05) is 6.07 Å². The van der Waals surface area contributed by atoms with Crippen molar-refractivity contribution in [2.45, 2.75) is 20.0 Å². The maximum Gasteiger partial charge on any atom is 0.423 e. The van der Waals surface area contributed by atoms with E-state index in [0.717, 1.165) is 0 Å². The highest BCUT2D eigenvalue weighted by Crippen LogP contribution is 2.36. The fraction of sp³-hybridized carbons (Fsp3) is 0.312. The summed E-state index contributed by atoms with van der Waals surface area (Å²) in [5.41, 5.74) is -0.136. The van der Waals surface area contributed by atoms with Crippen LogP contribution in [-0.2, 0) is 6.18 Å². The lowest BCUT2D eigenvalue weighted by Gasteiger charge is -2.23. The predicted octanol–water partition coefficient (Wildman–Crippen LogP) is 3.92. The summed E-state index contributed by atoms with van der Waals surface area (Å²) in [6.45, 7) is 3.77. The Hall–Kier alpha value is -2.82. The van der Waals surface area contributed by atoms with E-state index in [1.165, 1.54) is 0 Å². The molecule has 1 aromatic carbocycles. The van der Waals surface area contributed by atoms with Gasteiger partial charge in [0.2, 0.25) is 11.8 Å². The number of nitrogens with zero attached hydrogens (tertiary/aromatic N) is 4. The molecule has 24 heavy (non-hydrogen) atoms. The first-order valence-corrected chi connectivity index (χ1v) is 7.26. The van der Waals surface area contributed by atoms with Crippen molar-refractivity contribution < 1.29 is 17.9 Å². The van der Waals surface area contributed by atoms with Crippen LogP contribution in [0.4, 0.5) is 24.8 Å². The average molecular weight is 336 g/mol. The molecule has 5 nitrogen and oxygen atoms in total. The minimum absolute atomic E-state index is 0.0386. The van der Waals surface area contributed by atoms with Gasteiger partial charge >= 0.3 is 6.18 Å². The van der Waals surface area contributed by atoms with Crippen LogP contribution in [0.15, 0.2) is 30.5 Å². The fourth-order valence-corrected chi connectivity index (χ4v) is 2.15. The molecule has 1 heterocycles. The summed E-state index contributed by atoms with van der Waals surface area (Å²) in [6, 6.07) is 8.78. The molecule has 0 radical (unpaired) electrons. The first-order chi connectivity index (χ1) is 11.4. The van der Waals surface area contributed by atoms with Gasteiger partial charge in [-0.3, -0.25) is 0 Å². The van der Waals surface area contributed by atoms with Gasteiger partial charge in [-0.1, -0.05) is 12.1 Å². The second-order valence-corrected chi connectivity index (χ2v) is 4.69. The number of para-hydroxylation sites is 1. The van der Waals surface area contributed by atoms with Gasteiger partial charge in [-0.05, 0) is 26.0 Å².